The first-order valence-electron chi connectivity index (χ1n) is 8.22. The molecule has 1 aromatic heterocycles. The van der Waals surface area contributed by atoms with E-state index in [9.17, 15) is 9.59 Å². The number of rotatable bonds is 5. The molecule has 1 aliphatic rings. The van der Waals surface area contributed by atoms with Gasteiger partial charge in [0.25, 0.3) is 5.56 Å². The molecule has 0 fully saturated rings. The van der Waals surface area contributed by atoms with Crippen LogP contribution >= 0.6 is 11.8 Å². The molecule has 132 valence electrons. The fourth-order valence-corrected chi connectivity index (χ4v) is 3.82. The van der Waals surface area contributed by atoms with Gasteiger partial charge in [-0.15, -0.1) is 0 Å². The average Bonchev–Trinajstić information content (AvgIpc) is 2.62. The van der Waals surface area contributed by atoms with Gasteiger partial charge in [-0.2, -0.15) is 4.98 Å². The second-order valence-electron chi connectivity index (χ2n) is 5.95. The summed E-state index contributed by atoms with van der Waals surface area (Å²) >= 11 is 1.52. The Labute approximate surface area is 150 Å². The van der Waals surface area contributed by atoms with E-state index in [1.54, 1.807) is 11.7 Å². The third-order valence-corrected chi connectivity index (χ3v) is 5.47. The van der Waals surface area contributed by atoms with Crippen LogP contribution in [0.5, 0.6) is 5.75 Å². The highest BCUT2D eigenvalue weighted by Gasteiger charge is 2.32. The predicted molar refractivity (Wildman–Crippen MR) is 98.6 cm³/mol. The highest BCUT2D eigenvalue weighted by atomic mass is 32.2. The van der Waals surface area contributed by atoms with Gasteiger partial charge in [-0.1, -0.05) is 30.8 Å². The number of aromatic nitrogens is 2. The number of carbonyl (C=O) groups excluding carboxylic acids is 1. The summed E-state index contributed by atoms with van der Waals surface area (Å²) in [4.78, 5) is 29.2. The van der Waals surface area contributed by atoms with Crippen LogP contribution in [0.1, 0.15) is 36.8 Å². The molecule has 0 unspecified atom stereocenters. The lowest BCUT2D eigenvalue weighted by atomic mass is 9.86. The molecule has 1 aromatic carbocycles. The minimum absolute atomic E-state index is 0.104. The van der Waals surface area contributed by atoms with E-state index in [1.807, 2.05) is 31.3 Å². The molecule has 0 radical (unpaired) electrons. The average molecular weight is 359 g/mol. The monoisotopic (exact) mass is 359 g/mol. The maximum Gasteiger partial charge on any atom is 0.279 e. The van der Waals surface area contributed by atoms with Gasteiger partial charge in [-0.25, -0.2) is 0 Å². The highest BCUT2D eigenvalue weighted by molar-refractivity contribution is 7.99. The second kappa shape index (κ2) is 7.31. The molecular formula is C18H21N3O3S. The van der Waals surface area contributed by atoms with E-state index < -0.39 is 0 Å². The Hall–Kier alpha value is -2.28. The molecule has 0 saturated carbocycles. The summed E-state index contributed by atoms with van der Waals surface area (Å²) in [5.74, 6) is 1.68. The Bertz CT molecular complexity index is 863. The molecule has 6 nitrogen and oxygen atoms in total. The fraction of sp³-hybridized carbons (Fsp3) is 0.389. The summed E-state index contributed by atoms with van der Waals surface area (Å²) in [7, 11) is 3.43. The maximum atomic E-state index is 12.7. The molecule has 7 heteroatoms. The first-order chi connectivity index (χ1) is 12.0. The van der Waals surface area contributed by atoms with Gasteiger partial charge in [0.05, 0.1) is 12.7 Å². The number of thioether (sulfide) groups is 1. The van der Waals surface area contributed by atoms with E-state index in [2.05, 4.69) is 17.2 Å². The van der Waals surface area contributed by atoms with Gasteiger partial charge in [0, 0.05) is 25.1 Å². The van der Waals surface area contributed by atoms with Gasteiger partial charge in [0.15, 0.2) is 5.16 Å². The van der Waals surface area contributed by atoms with Crippen LogP contribution in [-0.2, 0) is 11.8 Å². The van der Waals surface area contributed by atoms with Gasteiger partial charge < -0.3 is 14.6 Å². The van der Waals surface area contributed by atoms with E-state index in [0.29, 0.717) is 22.3 Å². The fourth-order valence-electron chi connectivity index (χ4n) is 3.00. The molecule has 1 aliphatic heterocycles. The number of nitrogens with one attached hydrogen (secondary N) is 1. The first kappa shape index (κ1) is 17.5. The van der Waals surface area contributed by atoms with Crippen molar-refractivity contribution >= 4 is 23.5 Å². The number of benzene rings is 1. The van der Waals surface area contributed by atoms with Gasteiger partial charge >= 0.3 is 0 Å². The molecule has 1 atom stereocenters. The van der Waals surface area contributed by atoms with Crippen LogP contribution in [0.4, 0.5) is 5.82 Å². The molecule has 0 saturated heterocycles. The third-order valence-electron chi connectivity index (χ3n) is 4.23. The van der Waals surface area contributed by atoms with Gasteiger partial charge in [0.1, 0.15) is 11.6 Å². The van der Waals surface area contributed by atoms with E-state index in [-0.39, 0.29) is 23.8 Å². The lowest BCUT2D eigenvalue weighted by Gasteiger charge is -2.27. The number of methoxy groups -OCH3 is 1. The van der Waals surface area contributed by atoms with E-state index in [4.69, 9.17) is 4.74 Å². The SMILES string of the molecule is CCCSc1nc(=O)c2c(n1C)NC(=O)C[C@@H]2c1cccc(OC)c1. The Balaban J connectivity index is 2.13. The number of amides is 1. The minimum atomic E-state index is -0.324. The van der Waals surface area contributed by atoms with Crippen LogP contribution in [0.25, 0.3) is 0 Å². The van der Waals surface area contributed by atoms with Crippen LogP contribution in [-0.4, -0.2) is 28.3 Å². The van der Waals surface area contributed by atoms with Crippen molar-refractivity contribution in [3.63, 3.8) is 0 Å². The van der Waals surface area contributed by atoms with Crippen LogP contribution in [0, 0.1) is 0 Å². The Kier molecular flexibility index (Phi) is 5.13. The number of ether oxygens (including phenoxy) is 1. The largest absolute Gasteiger partial charge is 0.497 e. The zero-order valence-electron chi connectivity index (χ0n) is 14.5. The van der Waals surface area contributed by atoms with E-state index >= 15 is 0 Å². The van der Waals surface area contributed by atoms with Crippen molar-refractivity contribution in [3.8, 4) is 5.75 Å². The number of carbonyl (C=O) groups is 1. The molecule has 2 aromatic rings. The number of hydrogen-bond acceptors (Lipinski definition) is 5. The first-order valence-corrected chi connectivity index (χ1v) is 9.21. The number of hydrogen-bond donors (Lipinski definition) is 1. The summed E-state index contributed by atoms with van der Waals surface area (Å²) in [6.45, 7) is 2.07. The zero-order valence-corrected chi connectivity index (χ0v) is 15.4. The molecule has 1 N–H and O–H groups in total. The van der Waals surface area contributed by atoms with Crippen LogP contribution in [0.2, 0.25) is 0 Å². The van der Waals surface area contributed by atoms with E-state index in [0.717, 1.165) is 17.7 Å². The number of anilines is 1. The van der Waals surface area contributed by atoms with Crippen molar-refractivity contribution in [2.24, 2.45) is 7.05 Å². The summed E-state index contributed by atoms with van der Waals surface area (Å²) in [5, 5.41) is 3.48. The zero-order chi connectivity index (χ0) is 18.0. The Morgan fingerprint density at radius 3 is 2.92 bits per heavy atom. The second-order valence-corrected chi connectivity index (χ2v) is 7.01. The third kappa shape index (κ3) is 3.42. The molecule has 1 amide bonds. The predicted octanol–water partition coefficient (Wildman–Crippen LogP) is 2.77. The van der Waals surface area contributed by atoms with Crippen LogP contribution in [0.3, 0.4) is 0 Å². The standard InChI is InChI=1S/C18H21N3O3S/c1-4-8-25-18-20-17(23)15-13(10-14(22)19-16(15)21(18)2)11-6-5-7-12(9-11)24-3/h5-7,9,13H,4,8,10H2,1-3H3,(H,19,22)/t13-/m1/s1. The normalized spacial score (nSPS) is 16.3. The van der Waals surface area contributed by atoms with Crippen molar-refractivity contribution in [3.05, 3.63) is 45.7 Å². The Morgan fingerprint density at radius 2 is 2.20 bits per heavy atom. The quantitative estimate of drug-likeness (QED) is 0.656. The molecule has 0 aliphatic carbocycles. The van der Waals surface area contributed by atoms with Crippen molar-refractivity contribution in [2.75, 3.05) is 18.2 Å². The summed E-state index contributed by atoms with van der Waals surface area (Å²) in [6.07, 6.45) is 1.20. The lowest BCUT2D eigenvalue weighted by molar-refractivity contribution is -0.116. The maximum absolute atomic E-state index is 12.7. The molecule has 0 bridgehead atoms. The van der Waals surface area contributed by atoms with Crippen LogP contribution in [0.15, 0.2) is 34.2 Å². The smallest absolute Gasteiger partial charge is 0.279 e. The molecule has 3 rings (SSSR count). The molecular weight excluding hydrogens is 338 g/mol. The minimum Gasteiger partial charge on any atom is -0.497 e. The lowest BCUT2D eigenvalue weighted by Crippen LogP contribution is -2.33. The van der Waals surface area contributed by atoms with E-state index in [1.165, 1.54) is 11.8 Å². The van der Waals surface area contributed by atoms with Crippen molar-refractivity contribution in [1.29, 1.82) is 0 Å². The topological polar surface area (TPSA) is 73.2 Å². The van der Waals surface area contributed by atoms with Gasteiger partial charge in [-0.3, -0.25) is 9.59 Å². The van der Waals surface area contributed by atoms with Gasteiger partial charge in [0.2, 0.25) is 5.91 Å². The van der Waals surface area contributed by atoms with Crippen LogP contribution < -0.4 is 15.6 Å². The Morgan fingerprint density at radius 1 is 1.40 bits per heavy atom. The highest BCUT2D eigenvalue weighted by Crippen LogP contribution is 2.36. The van der Waals surface area contributed by atoms with Crippen molar-refractivity contribution in [2.45, 2.75) is 30.8 Å². The number of fused-ring (bicyclic) bond motifs is 1. The van der Waals surface area contributed by atoms with Gasteiger partial charge in [-0.05, 0) is 24.1 Å². The molecule has 0 spiro atoms. The molecule has 25 heavy (non-hydrogen) atoms. The molecule has 2 heterocycles. The summed E-state index contributed by atoms with van der Waals surface area (Å²) in [6, 6.07) is 7.48. The summed E-state index contributed by atoms with van der Waals surface area (Å²) < 4.78 is 7.08. The van der Waals surface area contributed by atoms with Crippen molar-refractivity contribution < 1.29 is 9.53 Å². The summed E-state index contributed by atoms with van der Waals surface area (Å²) in [5.41, 5.74) is 1.14. The number of nitrogens with zero attached hydrogens (tertiary/aromatic N) is 2. The van der Waals surface area contributed by atoms with Crippen molar-refractivity contribution in [1.82, 2.24) is 9.55 Å².